The van der Waals surface area contributed by atoms with Crippen LogP contribution in [-0.2, 0) is 15.7 Å². The SMILES string of the molecule is Cc1ccc(-n2c(SCC(=O)Nc3cc(C(F)(F)F)ccc3N3CCOCC3)nnc2-c2cc(Br)ccc2O)c(C)c1. The molecular formula is C29H27BrF3N5O3S. The zero-order valence-electron chi connectivity index (χ0n) is 22.7. The van der Waals surface area contributed by atoms with E-state index in [4.69, 9.17) is 4.74 Å². The summed E-state index contributed by atoms with van der Waals surface area (Å²) in [6.45, 7) is 5.78. The van der Waals surface area contributed by atoms with Crippen molar-refractivity contribution >= 4 is 45.0 Å². The number of amides is 1. The molecule has 0 atom stereocenters. The molecule has 5 rings (SSSR count). The molecular weight excluding hydrogens is 635 g/mol. The van der Waals surface area contributed by atoms with Crippen LogP contribution in [-0.4, -0.2) is 57.8 Å². The number of phenols is 1. The Labute approximate surface area is 253 Å². The summed E-state index contributed by atoms with van der Waals surface area (Å²) in [5, 5.41) is 22.3. The van der Waals surface area contributed by atoms with E-state index in [1.54, 1.807) is 22.8 Å². The number of carbonyl (C=O) groups is 1. The van der Waals surface area contributed by atoms with Crippen LogP contribution in [0.4, 0.5) is 24.5 Å². The highest BCUT2D eigenvalue weighted by Crippen LogP contribution is 2.37. The fourth-order valence-corrected chi connectivity index (χ4v) is 5.81. The van der Waals surface area contributed by atoms with Crippen molar-refractivity contribution < 1.29 is 27.8 Å². The van der Waals surface area contributed by atoms with Gasteiger partial charge in [0.25, 0.3) is 0 Å². The summed E-state index contributed by atoms with van der Waals surface area (Å²) in [5.74, 6) is -0.273. The number of anilines is 2. The minimum absolute atomic E-state index is 0.00564. The Bertz CT molecular complexity index is 1620. The van der Waals surface area contributed by atoms with Crippen molar-refractivity contribution in [3.63, 3.8) is 0 Å². The molecule has 4 aromatic rings. The van der Waals surface area contributed by atoms with E-state index in [-0.39, 0.29) is 17.2 Å². The molecule has 0 unspecified atom stereocenters. The number of aromatic nitrogens is 3. The number of aryl methyl sites for hydroxylation is 2. The van der Waals surface area contributed by atoms with Crippen LogP contribution in [0.5, 0.6) is 5.75 Å². The Morgan fingerprint density at radius 1 is 1.05 bits per heavy atom. The van der Waals surface area contributed by atoms with Gasteiger partial charge in [0, 0.05) is 17.6 Å². The van der Waals surface area contributed by atoms with Crippen LogP contribution in [0, 0.1) is 13.8 Å². The molecule has 0 saturated carbocycles. The molecule has 8 nitrogen and oxygen atoms in total. The van der Waals surface area contributed by atoms with Gasteiger partial charge in [0.1, 0.15) is 5.75 Å². The zero-order valence-corrected chi connectivity index (χ0v) is 25.1. The van der Waals surface area contributed by atoms with Crippen LogP contribution in [0.1, 0.15) is 16.7 Å². The van der Waals surface area contributed by atoms with Crippen LogP contribution in [0.3, 0.4) is 0 Å². The number of ether oxygens (including phenoxy) is 1. The minimum Gasteiger partial charge on any atom is -0.507 e. The second-order valence-electron chi connectivity index (χ2n) is 9.76. The second-order valence-corrected chi connectivity index (χ2v) is 11.6. The Kier molecular flexibility index (Phi) is 8.81. The van der Waals surface area contributed by atoms with Crippen molar-refractivity contribution in [2.24, 2.45) is 0 Å². The van der Waals surface area contributed by atoms with Crippen molar-refractivity contribution in [3.8, 4) is 22.8 Å². The average Bonchev–Trinajstić information content (AvgIpc) is 3.36. The van der Waals surface area contributed by atoms with Crippen molar-refractivity contribution in [2.45, 2.75) is 25.2 Å². The number of nitrogens with one attached hydrogen (secondary N) is 1. The van der Waals surface area contributed by atoms with E-state index in [2.05, 4.69) is 31.4 Å². The average molecular weight is 663 g/mol. The van der Waals surface area contributed by atoms with E-state index in [0.717, 1.165) is 45.2 Å². The third-order valence-electron chi connectivity index (χ3n) is 6.71. The normalized spacial score (nSPS) is 13.8. The maximum absolute atomic E-state index is 13.5. The highest BCUT2D eigenvalue weighted by molar-refractivity contribution is 9.10. The predicted molar refractivity (Wildman–Crippen MR) is 159 cm³/mol. The Morgan fingerprint density at radius 2 is 1.79 bits per heavy atom. The number of aromatic hydroxyl groups is 1. The highest BCUT2D eigenvalue weighted by Gasteiger charge is 2.32. The molecule has 2 heterocycles. The molecule has 13 heteroatoms. The number of benzene rings is 3. The summed E-state index contributed by atoms with van der Waals surface area (Å²) >= 11 is 4.52. The molecule has 220 valence electrons. The van der Waals surface area contributed by atoms with Gasteiger partial charge in [0.05, 0.1) is 47.2 Å². The van der Waals surface area contributed by atoms with Gasteiger partial charge in [-0.05, 0) is 61.9 Å². The molecule has 1 aliphatic rings. The maximum atomic E-state index is 13.5. The van der Waals surface area contributed by atoms with Gasteiger partial charge in [-0.1, -0.05) is 45.4 Å². The number of halogens is 4. The summed E-state index contributed by atoms with van der Waals surface area (Å²) in [4.78, 5) is 15.0. The van der Waals surface area contributed by atoms with E-state index >= 15 is 0 Å². The van der Waals surface area contributed by atoms with Gasteiger partial charge >= 0.3 is 6.18 Å². The van der Waals surface area contributed by atoms with Crippen LogP contribution in [0.15, 0.2) is 64.2 Å². The van der Waals surface area contributed by atoms with E-state index in [0.29, 0.717) is 48.5 Å². The lowest BCUT2D eigenvalue weighted by Gasteiger charge is -2.31. The smallest absolute Gasteiger partial charge is 0.416 e. The lowest BCUT2D eigenvalue weighted by atomic mass is 10.1. The number of rotatable bonds is 7. The Balaban J connectivity index is 1.45. The van der Waals surface area contributed by atoms with Crippen LogP contribution in [0.25, 0.3) is 17.1 Å². The van der Waals surface area contributed by atoms with Crippen LogP contribution >= 0.6 is 27.7 Å². The minimum atomic E-state index is -4.56. The second kappa shape index (κ2) is 12.4. The molecule has 2 N–H and O–H groups in total. The molecule has 42 heavy (non-hydrogen) atoms. The van der Waals surface area contributed by atoms with Gasteiger partial charge in [-0.2, -0.15) is 13.2 Å². The molecule has 0 radical (unpaired) electrons. The summed E-state index contributed by atoms with van der Waals surface area (Å²) < 4.78 is 48.4. The quantitative estimate of drug-likeness (QED) is 0.216. The number of thioether (sulfide) groups is 1. The van der Waals surface area contributed by atoms with Gasteiger partial charge < -0.3 is 20.1 Å². The van der Waals surface area contributed by atoms with E-state index in [1.807, 2.05) is 36.9 Å². The number of hydrogen-bond acceptors (Lipinski definition) is 7. The molecule has 0 bridgehead atoms. The lowest BCUT2D eigenvalue weighted by Crippen LogP contribution is -2.37. The maximum Gasteiger partial charge on any atom is 0.416 e. The number of alkyl halides is 3. The fourth-order valence-electron chi connectivity index (χ4n) is 4.71. The molecule has 1 saturated heterocycles. The van der Waals surface area contributed by atoms with Gasteiger partial charge in [0.15, 0.2) is 11.0 Å². The summed E-state index contributed by atoms with van der Waals surface area (Å²) in [6, 6.07) is 14.2. The fraction of sp³-hybridized carbons (Fsp3) is 0.276. The first-order valence-electron chi connectivity index (χ1n) is 13.0. The number of morpholine rings is 1. The van der Waals surface area contributed by atoms with Crippen molar-refractivity contribution in [1.29, 1.82) is 0 Å². The molecule has 1 aliphatic heterocycles. The first-order chi connectivity index (χ1) is 20.0. The van der Waals surface area contributed by atoms with Gasteiger partial charge in [0.2, 0.25) is 5.91 Å². The third kappa shape index (κ3) is 6.58. The lowest BCUT2D eigenvalue weighted by molar-refractivity contribution is -0.137. The molecule has 0 spiro atoms. The van der Waals surface area contributed by atoms with Gasteiger partial charge in [-0.3, -0.25) is 9.36 Å². The third-order valence-corrected chi connectivity index (χ3v) is 8.13. The van der Waals surface area contributed by atoms with Crippen molar-refractivity contribution in [1.82, 2.24) is 14.8 Å². The first kappa shape index (κ1) is 29.9. The first-order valence-corrected chi connectivity index (χ1v) is 14.8. The highest BCUT2D eigenvalue weighted by atomic mass is 79.9. The van der Waals surface area contributed by atoms with Gasteiger partial charge in [-0.15, -0.1) is 10.2 Å². The number of nitrogens with zero attached hydrogens (tertiary/aromatic N) is 4. The molecule has 3 aromatic carbocycles. The largest absolute Gasteiger partial charge is 0.507 e. The molecule has 1 fully saturated rings. The van der Waals surface area contributed by atoms with Crippen LogP contribution < -0.4 is 10.2 Å². The standard InChI is InChI=1S/C29H27BrF3N5O3S/c1-17-3-6-23(18(2)13-17)38-27(21-15-20(30)5-8-25(21)39)35-36-28(38)42-16-26(40)34-22-14-19(29(31,32)33)4-7-24(22)37-9-11-41-12-10-37/h3-8,13-15,39H,9-12,16H2,1-2H3,(H,34,40). The summed E-state index contributed by atoms with van der Waals surface area (Å²) in [5.41, 5.74) is 2.90. The molecule has 1 amide bonds. The van der Waals surface area contributed by atoms with E-state index in [1.165, 1.54) is 6.07 Å². The van der Waals surface area contributed by atoms with Crippen molar-refractivity contribution in [3.05, 3.63) is 75.8 Å². The van der Waals surface area contributed by atoms with Crippen molar-refractivity contribution in [2.75, 3.05) is 42.3 Å². The zero-order chi connectivity index (χ0) is 30.0. The number of carbonyl (C=O) groups excluding carboxylic acids is 1. The predicted octanol–water partition coefficient (Wildman–Crippen LogP) is 6.61. The molecule has 0 aliphatic carbocycles. The van der Waals surface area contributed by atoms with E-state index < -0.39 is 17.6 Å². The number of hydrogen-bond donors (Lipinski definition) is 2. The summed E-state index contributed by atoms with van der Waals surface area (Å²) in [7, 11) is 0. The Morgan fingerprint density at radius 3 is 2.50 bits per heavy atom. The topological polar surface area (TPSA) is 92.5 Å². The van der Waals surface area contributed by atoms with Crippen LogP contribution in [0.2, 0.25) is 0 Å². The Hall–Kier alpha value is -3.55. The number of phenolic OH excluding ortho intramolecular Hbond substituents is 1. The van der Waals surface area contributed by atoms with E-state index in [9.17, 15) is 23.1 Å². The molecule has 1 aromatic heterocycles. The van der Waals surface area contributed by atoms with Gasteiger partial charge in [-0.25, -0.2) is 0 Å². The summed E-state index contributed by atoms with van der Waals surface area (Å²) in [6.07, 6.45) is -4.56. The monoisotopic (exact) mass is 661 g/mol.